The lowest BCUT2D eigenvalue weighted by atomic mass is 9.71. The molecule has 3 atom stereocenters. The van der Waals surface area contributed by atoms with Gasteiger partial charge in [-0.3, -0.25) is 0 Å². The molecular formula is C15H16N2. The van der Waals surface area contributed by atoms with Crippen molar-refractivity contribution in [1.29, 1.82) is 5.26 Å². The molecule has 1 fully saturated rings. The molecular weight excluding hydrogens is 208 g/mol. The van der Waals surface area contributed by atoms with E-state index in [0.29, 0.717) is 12.0 Å². The number of fused-ring (bicyclic) bond motifs is 1. The molecule has 0 saturated heterocycles. The molecule has 2 nitrogen and oxygen atoms in total. The molecule has 2 aliphatic rings. The maximum atomic E-state index is 8.92. The molecule has 3 rings (SSSR count). The van der Waals surface area contributed by atoms with E-state index in [4.69, 9.17) is 5.26 Å². The predicted molar refractivity (Wildman–Crippen MR) is 68.7 cm³/mol. The second kappa shape index (κ2) is 3.92. The molecule has 0 aliphatic heterocycles. The molecule has 2 aliphatic carbocycles. The predicted octanol–water partition coefficient (Wildman–Crippen LogP) is 3.24. The lowest BCUT2D eigenvalue weighted by Gasteiger charge is -2.41. The van der Waals surface area contributed by atoms with E-state index in [-0.39, 0.29) is 0 Å². The summed E-state index contributed by atoms with van der Waals surface area (Å²) < 4.78 is 0. The molecule has 0 heterocycles. The summed E-state index contributed by atoms with van der Waals surface area (Å²) in [5, 5.41) is 12.5. The lowest BCUT2D eigenvalue weighted by Crippen LogP contribution is -2.43. The van der Waals surface area contributed by atoms with Crippen LogP contribution in [0.25, 0.3) is 0 Å². The molecule has 1 aromatic rings. The van der Waals surface area contributed by atoms with Gasteiger partial charge in [0.1, 0.15) is 0 Å². The maximum Gasteiger partial charge on any atom is 0.0992 e. The third-order valence-corrected chi connectivity index (χ3v) is 4.07. The van der Waals surface area contributed by atoms with Crippen molar-refractivity contribution in [2.24, 2.45) is 11.8 Å². The van der Waals surface area contributed by atoms with Gasteiger partial charge in [-0.1, -0.05) is 18.2 Å². The third-order valence-electron chi connectivity index (χ3n) is 4.07. The Morgan fingerprint density at radius 3 is 3.06 bits per heavy atom. The Morgan fingerprint density at radius 2 is 2.29 bits per heavy atom. The van der Waals surface area contributed by atoms with Crippen LogP contribution in [-0.4, -0.2) is 6.04 Å². The highest BCUT2D eigenvalue weighted by Crippen LogP contribution is 2.44. The van der Waals surface area contributed by atoms with E-state index in [2.05, 4.69) is 30.5 Å². The highest BCUT2D eigenvalue weighted by atomic mass is 15.0. The van der Waals surface area contributed by atoms with Crippen molar-refractivity contribution >= 4 is 5.69 Å². The number of nitriles is 1. The Balaban J connectivity index is 1.77. The number of nitrogens with one attached hydrogen (secondary N) is 1. The van der Waals surface area contributed by atoms with Crippen molar-refractivity contribution in [2.75, 3.05) is 5.32 Å². The van der Waals surface area contributed by atoms with E-state index in [9.17, 15) is 0 Å². The number of hydrogen-bond acceptors (Lipinski definition) is 2. The number of anilines is 1. The first kappa shape index (κ1) is 10.4. The summed E-state index contributed by atoms with van der Waals surface area (Å²) in [6.07, 6.45) is 7.15. The fourth-order valence-electron chi connectivity index (χ4n) is 2.93. The Bertz CT molecular complexity index is 510. The Hall–Kier alpha value is -1.75. The van der Waals surface area contributed by atoms with Gasteiger partial charge in [0.05, 0.1) is 11.6 Å². The minimum absolute atomic E-state index is 0.561. The summed E-state index contributed by atoms with van der Waals surface area (Å²) in [4.78, 5) is 0. The minimum Gasteiger partial charge on any atom is -0.381 e. The van der Waals surface area contributed by atoms with Crippen LogP contribution in [-0.2, 0) is 0 Å². The molecule has 1 aromatic carbocycles. The number of rotatable bonds is 2. The summed E-state index contributed by atoms with van der Waals surface area (Å²) in [6.45, 7) is 2.09. The quantitative estimate of drug-likeness (QED) is 0.783. The summed E-state index contributed by atoms with van der Waals surface area (Å²) in [5.74, 6) is 1.58. The monoisotopic (exact) mass is 224 g/mol. The molecule has 1 saturated carbocycles. The normalized spacial score (nSPS) is 29.3. The van der Waals surface area contributed by atoms with E-state index in [0.717, 1.165) is 17.2 Å². The highest BCUT2D eigenvalue weighted by molar-refractivity contribution is 5.56. The molecule has 0 aromatic heterocycles. The van der Waals surface area contributed by atoms with Crippen LogP contribution < -0.4 is 5.32 Å². The fourth-order valence-corrected chi connectivity index (χ4v) is 2.93. The Kier molecular flexibility index (Phi) is 2.40. The molecule has 17 heavy (non-hydrogen) atoms. The fraction of sp³-hybridized carbons (Fsp3) is 0.400. The SMILES string of the molecule is Cc1ccc(C#N)cc1NC1CC2CC=CC21. The lowest BCUT2D eigenvalue weighted by molar-refractivity contribution is 0.218. The molecule has 0 amide bonds. The van der Waals surface area contributed by atoms with Gasteiger partial charge in [0, 0.05) is 17.6 Å². The average Bonchev–Trinajstić information content (AvgIpc) is 2.69. The number of nitrogens with zero attached hydrogens (tertiary/aromatic N) is 1. The smallest absolute Gasteiger partial charge is 0.0992 e. The van der Waals surface area contributed by atoms with Gasteiger partial charge < -0.3 is 5.32 Å². The minimum atomic E-state index is 0.561. The van der Waals surface area contributed by atoms with Gasteiger partial charge in [-0.05, 0) is 43.4 Å². The largest absolute Gasteiger partial charge is 0.381 e. The summed E-state index contributed by atoms with van der Waals surface area (Å²) in [7, 11) is 0. The van der Waals surface area contributed by atoms with Crippen molar-refractivity contribution in [3.05, 3.63) is 41.5 Å². The van der Waals surface area contributed by atoms with Crippen molar-refractivity contribution in [2.45, 2.75) is 25.8 Å². The van der Waals surface area contributed by atoms with Crippen LogP contribution in [0.3, 0.4) is 0 Å². The van der Waals surface area contributed by atoms with Crippen molar-refractivity contribution in [1.82, 2.24) is 0 Å². The molecule has 0 radical (unpaired) electrons. The van der Waals surface area contributed by atoms with Crippen LogP contribution in [0.2, 0.25) is 0 Å². The Morgan fingerprint density at radius 1 is 1.41 bits per heavy atom. The zero-order chi connectivity index (χ0) is 11.8. The van der Waals surface area contributed by atoms with Crippen molar-refractivity contribution < 1.29 is 0 Å². The number of hydrogen-bond donors (Lipinski definition) is 1. The van der Waals surface area contributed by atoms with Gasteiger partial charge in [0.25, 0.3) is 0 Å². The van der Waals surface area contributed by atoms with Gasteiger partial charge in [-0.25, -0.2) is 0 Å². The average molecular weight is 224 g/mol. The molecule has 0 bridgehead atoms. The third kappa shape index (κ3) is 1.72. The van der Waals surface area contributed by atoms with E-state index in [1.54, 1.807) is 0 Å². The first-order valence-electron chi connectivity index (χ1n) is 6.22. The first-order chi connectivity index (χ1) is 8.28. The summed E-state index contributed by atoms with van der Waals surface area (Å²) >= 11 is 0. The molecule has 0 spiro atoms. The summed E-state index contributed by atoms with van der Waals surface area (Å²) in [5.41, 5.74) is 3.07. The van der Waals surface area contributed by atoms with E-state index < -0.39 is 0 Å². The van der Waals surface area contributed by atoms with E-state index in [1.807, 2.05) is 18.2 Å². The van der Waals surface area contributed by atoms with Crippen LogP contribution in [0.15, 0.2) is 30.4 Å². The molecule has 2 heteroatoms. The van der Waals surface area contributed by atoms with Gasteiger partial charge >= 0.3 is 0 Å². The van der Waals surface area contributed by atoms with Gasteiger partial charge in [0.2, 0.25) is 0 Å². The van der Waals surface area contributed by atoms with E-state index in [1.165, 1.54) is 18.4 Å². The van der Waals surface area contributed by atoms with Crippen molar-refractivity contribution in [3.8, 4) is 6.07 Å². The van der Waals surface area contributed by atoms with Crippen LogP contribution in [0, 0.1) is 30.1 Å². The number of allylic oxidation sites excluding steroid dienone is 1. The zero-order valence-corrected chi connectivity index (χ0v) is 9.98. The second-order valence-electron chi connectivity index (χ2n) is 5.13. The van der Waals surface area contributed by atoms with Crippen LogP contribution in [0.5, 0.6) is 0 Å². The van der Waals surface area contributed by atoms with Crippen molar-refractivity contribution in [3.63, 3.8) is 0 Å². The second-order valence-corrected chi connectivity index (χ2v) is 5.13. The molecule has 3 unspecified atom stereocenters. The van der Waals surface area contributed by atoms with Gasteiger partial charge in [-0.15, -0.1) is 0 Å². The van der Waals surface area contributed by atoms with Gasteiger partial charge in [-0.2, -0.15) is 5.26 Å². The molecule has 1 N–H and O–H groups in total. The maximum absolute atomic E-state index is 8.92. The van der Waals surface area contributed by atoms with Crippen LogP contribution in [0.1, 0.15) is 24.0 Å². The zero-order valence-electron chi connectivity index (χ0n) is 9.98. The topological polar surface area (TPSA) is 35.8 Å². The standard InChI is InChI=1S/C15H16N2/c1-10-5-6-11(9-16)7-14(10)17-15-8-12-3-2-4-13(12)15/h2,4-7,12-13,15,17H,3,8H2,1H3. The van der Waals surface area contributed by atoms with Crippen LogP contribution >= 0.6 is 0 Å². The number of benzene rings is 1. The Labute approximate surface area is 102 Å². The van der Waals surface area contributed by atoms with Crippen LogP contribution in [0.4, 0.5) is 5.69 Å². The number of aryl methyl sites for hydroxylation is 1. The van der Waals surface area contributed by atoms with E-state index >= 15 is 0 Å². The highest BCUT2D eigenvalue weighted by Gasteiger charge is 2.40. The summed E-state index contributed by atoms with van der Waals surface area (Å²) in [6, 6.07) is 8.61. The van der Waals surface area contributed by atoms with Gasteiger partial charge in [0.15, 0.2) is 0 Å². The first-order valence-corrected chi connectivity index (χ1v) is 6.22. The molecule has 86 valence electrons.